The molecule has 1 spiro atoms. The number of nitrogens with zero attached hydrogens (tertiary/aromatic N) is 1. The maximum atomic E-state index is 10.6. The van der Waals surface area contributed by atoms with E-state index in [0.29, 0.717) is 5.90 Å². The molecule has 4 nitrogen and oxygen atoms in total. The Morgan fingerprint density at radius 1 is 1.47 bits per heavy atom. The van der Waals surface area contributed by atoms with Gasteiger partial charge in [0.1, 0.15) is 5.60 Å². The van der Waals surface area contributed by atoms with Crippen molar-refractivity contribution >= 4 is 11.9 Å². The largest absolute Gasteiger partial charge is 0.465 e. The molecule has 1 aliphatic carbocycles. The molecule has 1 heterocycles. The van der Waals surface area contributed by atoms with Gasteiger partial charge in [-0.15, -0.1) is 0 Å². The predicted molar refractivity (Wildman–Crippen MR) is 55.2 cm³/mol. The molecule has 0 aromatic rings. The summed E-state index contributed by atoms with van der Waals surface area (Å²) < 4.78 is 5.70. The van der Waals surface area contributed by atoms with Gasteiger partial charge >= 0.3 is 5.97 Å². The van der Waals surface area contributed by atoms with Crippen molar-refractivity contribution in [1.29, 1.82) is 0 Å². The average Bonchev–Trinajstić information content (AvgIpc) is 2.60. The van der Waals surface area contributed by atoms with E-state index in [-0.39, 0.29) is 5.60 Å². The average molecular weight is 209 g/mol. The van der Waals surface area contributed by atoms with Gasteiger partial charge in [-0.05, 0) is 36.9 Å². The summed E-state index contributed by atoms with van der Waals surface area (Å²) in [6, 6.07) is 0. The molecule has 15 heavy (non-hydrogen) atoms. The Morgan fingerprint density at radius 2 is 2.20 bits per heavy atom. The lowest BCUT2D eigenvalue weighted by molar-refractivity contribution is -0.141. The summed E-state index contributed by atoms with van der Waals surface area (Å²) in [4.78, 5) is 15.1. The first-order valence-corrected chi connectivity index (χ1v) is 5.34. The van der Waals surface area contributed by atoms with Crippen LogP contribution in [-0.2, 0) is 14.4 Å². The SMILES string of the molecule is CC(=O)O/N=C1/C=CC2(CCCCC2)O1. The highest BCUT2D eigenvalue weighted by Gasteiger charge is 2.36. The first-order chi connectivity index (χ1) is 7.20. The van der Waals surface area contributed by atoms with Crippen molar-refractivity contribution in [2.45, 2.75) is 44.6 Å². The van der Waals surface area contributed by atoms with Crippen LogP contribution in [0.1, 0.15) is 39.0 Å². The second kappa shape index (κ2) is 4.04. The van der Waals surface area contributed by atoms with Crippen LogP contribution in [-0.4, -0.2) is 17.5 Å². The molecule has 0 aromatic heterocycles. The fourth-order valence-electron chi connectivity index (χ4n) is 2.08. The van der Waals surface area contributed by atoms with Gasteiger partial charge in [0.05, 0.1) is 0 Å². The number of carbonyl (C=O) groups is 1. The molecule has 0 N–H and O–H groups in total. The summed E-state index contributed by atoms with van der Waals surface area (Å²) in [6.07, 6.45) is 9.53. The van der Waals surface area contributed by atoms with Crippen LogP contribution in [0.3, 0.4) is 0 Å². The van der Waals surface area contributed by atoms with Crippen LogP contribution in [0, 0.1) is 0 Å². The smallest absolute Gasteiger partial charge is 0.332 e. The Kier molecular flexibility index (Phi) is 2.75. The molecule has 0 radical (unpaired) electrons. The minimum atomic E-state index is -0.427. The number of carbonyl (C=O) groups excluding carboxylic acids is 1. The highest BCUT2D eigenvalue weighted by atomic mass is 16.7. The lowest BCUT2D eigenvalue weighted by Crippen LogP contribution is -2.30. The second-order valence-corrected chi connectivity index (χ2v) is 4.07. The van der Waals surface area contributed by atoms with E-state index in [0.717, 1.165) is 12.8 Å². The zero-order chi connectivity index (χ0) is 10.7. The number of rotatable bonds is 1. The van der Waals surface area contributed by atoms with Gasteiger partial charge in [-0.3, -0.25) is 0 Å². The van der Waals surface area contributed by atoms with Crippen LogP contribution in [0.2, 0.25) is 0 Å². The maximum Gasteiger partial charge on any atom is 0.332 e. The first-order valence-electron chi connectivity index (χ1n) is 5.34. The van der Waals surface area contributed by atoms with Gasteiger partial charge in [0.2, 0.25) is 0 Å². The van der Waals surface area contributed by atoms with Crippen molar-refractivity contribution in [1.82, 2.24) is 0 Å². The minimum absolute atomic E-state index is 0.169. The Labute approximate surface area is 88.9 Å². The normalized spacial score (nSPS) is 25.5. The third-order valence-corrected chi connectivity index (χ3v) is 2.80. The Bertz CT molecular complexity index is 314. The molecule has 2 aliphatic rings. The summed E-state index contributed by atoms with van der Waals surface area (Å²) in [5.41, 5.74) is -0.169. The van der Waals surface area contributed by atoms with Crippen LogP contribution >= 0.6 is 0 Å². The topological polar surface area (TPSA) is 47.9 Å². The van der Waals surface area contributed by atoms with Crippen molar-refractivity contribution in [2.24, 2.45) is 5.16 Å². The van der Waals surface area contributed by atoms with Crippen LogP contribution in [0.5, 0.6) is 0 Å². The van der Waals surface area contributed by atoms with Crippen LogP contribution in [0.25, 0.3) is 0 Å². The zero-order valence-corrected chi connectivity index (χ0v) is 8.86. The fourth-order valence-corrected chi connectivity index (χ4v) is 2.08. The summed E-state index contributed by atoms with van der Waals surface area (Å²) in [5.74, 6) is -0.0174. The molecular weight excluding hydrogens is 194 g/mol. The molecule has 0 bridgehead atoms. The molecule has 2 rings (SSSR count). The van der Waals surface area contributed by atoms with Crippen molar-refractivity contribution in [3.05, 3.63) is 12.2 Å². The molecule has 0 aromatic carbocycles. The molecule has 82 valence electrons. The van der Waals surface area contributed by atoms with E-state index in [2.05, 4.69) is 9.99 Å². The first kappa shape index (κ1) is 10.2. The Hall–Kier alpha value is -1.32. The van der Waals surface area contributed by atoms with E-state index in [4.69, 9.17) is 4.74 Å². The summed E-state index contributed by atoms with van der Waals surface area (Å²) >= 11 is 0. The van der Waals surface area contributed by atoms with Gasteiger partial charge in [0.25, 0.3) is 5.90 Å². The van der Waals surface area contributed by atoms with Crippen LogP contribution in [0.4, 0.5) is 0 Å². The molecule has 1 saturated carbocycles. The molecule has 0 unspecified atom stereocenters. The van der Waals surface area contributed by atoms with E-state index >= 15 is 0 Å². The van der Waals surface area contributed by atoms with E-state index in [1.807, 2.05) is 6.08 Å². The van der Waals surface area contributed by atoms with Crippen molar-refractivity contribution in [2.75, 3.05) is 0 Å². The van der Waals surface area contributed by atoms with Crippen LogP contribution < -0.4 is 0 Å². The van der Waals surface area contributed by atoms with E-state index in [9.17, 15) is 4.79 Å². The summed E-state index contributed by atoms with van der Waals surface area (Å²) in [6.45, 7) is 1.32. The third kappa shape index (κ3) is 2.37. The molecule has 0 amide bonds. The van der Waals surface area contributed by atoms with Crippen molar-refractivity contribution < 1.29 is 14.4 Å². The standard InChI is InChI=1S/C11H15NO3/c1-9(13)15-12-10-5-8-11(14-10)6-3-2-4-7-11/h5,8H,2-4,6-7H2,1H3/b12-10-. The summed E-state index contributed by atoms with van der Waals surface area (Å²) in [7, 11) is 0. The Balaban J connectivity index is 1.97. The maximum absolute atomic E-state index is 10.6. The highest BCUT2D eigenvalue weighted by Crippen LogP contribution is 2.36. The molecule has 0 saturated heterocycles. The highest BCUT2D eigenvalue weighted by molar-refractivity contribution is 5.90. The van der Waals surface area contributed by atoms with Gasteiger partial charge in [-0.1, -0.05) is 6.42 Å². The monoisotopic (exact) mass is 209 g/mol. The van der Waals surface area contributed by atoms with Crippen molar-refractivity contribution in [3.63, 3.8) is 0 Å². The second-order valence-electron chi connectivity index (χ2n) is 4.07. The molecule has 4 heteroatoms. The van der Waals surface area contributed by atoms with E-state index < -0.39 is 5.97 Å². The quantitative estimate of drug-likeness (QED) is 0.491. The lowest BCUT2D eigenvalue weighted by atomic mass is 9.85. The summed E-state index contributed by atoms with van der Waals surface area (Å²) in [5, 5.41) is 3.63. The zero-order valence-electron chi connectivity index (χ0n) is 8.86. The number of ether oxygens (including phenoxy) is 1. The fraction of sp³-hybridized carbons (Fsp3) is 0.636. The number of hydrogen-bond donors (Lipinski definition) is 0. The molecule has 1 fully saturated rings. The third-order valence-electron chi connectivity index (χ3n) is 2.80. The van der Waals surface area contributed by atoms with E-state index in [1.165, 1.54) is 26.2 Å². The molecule has 0 atom stereocenters. The van der Waals surface area contributed by atoms with Crippen LogP contribution in [0.15, 0.2) is 17.3 Å². The van der Waals surface area contributed by atoms with Gasteiger partial charge < -0.3 is 9.57 Å². The number of oxime groups is 1. The number of hydrogen-bond acceptors (Lipinski definition) is 4. The van der Waals surface area contributed by atoms with Gasteiger partial charge in [-0.25, -0.2) is 4.79 Å². The van der Waals surface area contributed by atoms with Gasteiger partial charge in [0.15, 0.2) is 0 Å². The van der Waals surface area contributed by atoms with Crippen molar-refractivity contribution in [3.8, 4) is 0 Å². The van der Waals surface area contributed by atoms with Gasteiger partial charge in [-0.2, -0.15) is 0 Å². The molecule has 1 aliphatic heterocycles. The predicted octanol–water partition coefficient (Wildman–Crippen LogP) is 2.15. The molecular formula is C11H15NO3. The van der Waals surface area contributed by atoms with Gasteiger partial charge in [0, 0.05) is 13.0 Å². The lowest BCUT2D eigenvalue weighted by Gasteiger charge is -2.30. The minimum Gasteiger partial charge on any atom is -0.465 e. The Morgan fingerprint density at radius 3 is 2.87 bits per heavy atom. The van der Waals surface area contributed by atoms with E-state index in [1.54, 1.807) is 6.08 Å².